The molecule has 7 nitrogen and oxygen atoms in total. The van der Waals surface area contributed by atoms with Crippen LogP contribution in [0, 0.1) is 0 Å². The molecule has 0 bridgehead atoms. The van der Waals surface area contributed by atoms with E-state index in [0.29, 0.717) is 0 Å². The molecule has 7 heteroatoms. The molecule has 0 unspecified atom stereocenters. The molecule has 15 heavy (non-hydrogen) atoms. The van der Waals surface area contributed by atoms with Gasteiger partial charge >= 0.3 is 5.97 Å². The molecule has 0 rings (SSSR count). The second kappa shape index (κ2) is 5.99. The number of aliphatic carboxylic acids is 1. The van der Waals surface area contributed by atoms with Gasteiger partial charge in [0.25, 0.3) is 0 Å². The largest absolute Gasteiger partial charge is 0.480 e. The van der Waals surface area contributed by atoms with E-state index in [1.807, 2.05) is 0 Å². The summed E-state index contributed by atoms with van der Waals surface area (Å²) in [5, 5.41) is 47.0. The van der Waals surface area contributed by atoms with Crippen molar-refractivity contribution in [2.75, 3.05) is 19.8 Å². The zero-order valence-electron chi connectivity index (χ0n) is 8.42. The van der Waals surface area contributed by atoms with Crippen molar-refractivity contribution in [1.82, 2.24) is 5.32 Å². The van der Waals surface area contributed by atoms with Crippen molar-refractivity contribution in [3.8, 4) is 0 Å². The number of carbonyl (C=O) groups is 1. The van der Waals surface area contributed by atoms with Crippen LogP contribution in [0.4, 0.5) is 0 Å². The average Bonchev–Trinajstić information content (AvgIpc) is 2.20. The number of aliphatic hydroxyl groups is 4. The van der Waals surface area contributed by atoms with E-state index in [4.69, 9.17) is 25.5 Å². The summed E-state index contributed by atoms with van der Waals surface area (Å²) < 4.78 is 0. The second-order valence-electron chi connectivity index (χ2n) is 3.46. The van der Waals surface area contributed by atoms with Gasteiger partial charge in [0.05, 0.1) is 31.5 Å². The molecule has 0 aromatic rings. The van der Waals surface area contributed by atoms with Crippen LogP contribution in [-0.2, 0) is 4.79 Å². The summed E-state index contributed by atoms with van der Waals surface area (Å²) in [7, 11) is 0. The van der Waals surface area contributed by atoms with Crippen molar-refractivity contribution < 1.29 is 30.3 Å². The highest BCUT2D eigenvalue weighted by Gasteiger charge is 2.35. The lowest BCUT2D eigenvalue weighted by molar-refractivity contribution is -0.143. The third kappa shape index (κ3) is 3.73. The van der Waals surface area contributed by atoms with Crippen molar-refractivity contribution in [3.05, 3.63) is 0 Å². The van der Waals surface area contributed by atoms with E-state index in [1.54, 1.807) is 0 Å². The molecule has 0 spiro atoms. The SMILES string of the molecule is C[C@@H](O)[C@H](NC(CO)(CO)CO)C(=O)O. The zero-order chi connectivity index (χ0) is 12.1. The van der Waals surface area contributed by atoms with E-state index in [1.165, 1.54) is 6.92 Å². The van der Waals surface area contributed by atoms with Gasteiger partial charge in [-0.1, -0.05) is 0 Å². The number of carboxylic acid groups (broad SMARTS) is 1. The molecule has 0 aromatic carbocycles. The maximum Gasteiger partial charge on any atom is 0.323 e. The molecule has 0 radical (unpaired) electrons. The summed E-state index contributed by atoms with van der Waals surface area (Å²) in [5.74, 6) is -1.33. The molecule has 2 atom stereocenters. The monoisotopic (exact) mass is 223 g/mol. The molecule has 0 saturated heterocycles. The van der Waals surface area contributed by atoms with Crippen LogP contribution in [-0.4, -0.2) is 69.0 Å². The predicted octanol–water partition coefficient (Wildman–Crippen LogP) is -2.87. The van der Waals surface area contributed by atoms with Crippen LogP contribution in [0.5, 0.6) is 0 Å². The van der Waals surface area contributed by atoms with Gasteiger partial charge in [0.15, 0.2) is 0 Å². The van der Waals surface area contributed by atoms with Crippen LogP contribution in [0.15, 0.2) is 0 Å². The number of hydrogen-bond donors (Lipinski definition) is 6. The Morgan fingerprint density at radius 1 is 1.27 bits per heavy atom. The normalized spacial score (nSPS) is 16.1. The third-order valence-corrected chi connectivity index (χ3v) is 2.12. The van der Waals surface area contributed by atoms with Gasteiger partial charge in [-0.05, 0) is 6.92 Å². The second-order valence-corrected chi connectivity index (χ2v) is 3.46. The summed E-state index contributed by atoms with van der Waals surface area (Å²) >= 11 is 0. The summed E-state index contributed by atoms with van der Waals surface area (Å²) in [4.78, 5) is 10.7. The van der Waals surface area contributed by atoms with Crippen LogP contribution in [0.25, 0.3) is 0 Å². The molecule has 0 aliphatic carbocycles. The van der Waals surface area contributed by atoms with Crippen molar-refractivity contribution in [1.29, 1.82) is 0 Å². The van der Waals surface area contributed by atoms with E-state index in [0.717, 1.165) is 0 Å². The smallest absolute Gasteiger partial charge is 0.323 e. The molecule has 0 aliphatic heterocycles. The molecule has 0 saturated carbocycles. The van der Waals surface area contributed by atoms with Crippen LogP contribution in [0.3, 0.4) is 0 Å². The van der Waals surface area contributed by atoms with Crippen molar-refractivity contribution in [2.24, 2.45) is 0 Å². The summed E-state index contributed by atoms with van der Waals surface area (Å²) in [6.45, 7) is -0.674. The lowest BCUT2D eigenvalue weighted by Gasteiger charge is -2.33. The molecule has 0 amide bonds. The van der Waals surface area contributed by atoms with Gasteiger partial charge in [-0.25, -0.2) is 0 Å². The van der Waals surface area contributed by atoms with E-state index in [2.05, 4.69) is 5.32 Å². The summed E-state index contributed by atoms with van der Waals surface area (Å²) in [6.07, 6.45) is -1.22. The number of carboxylic acids is 1. The van der Waals surface area contributed by atoms with Crippen molar-refractivity contribution in [2.45, 2.75) is 24.6 Å². The van der Waals surface area contributed by atoms with E-state index in [-0.39, 0.29) is 0 Å². The molecule has 90 valence electrons. The van der Waals surface area contributed by atoms with Crippen LogP contribution in [0.2, 0.25) is 0 Å². The number of nitrogens with one attached hydrogen (secondary N) is 1. The maximum absolute atomic E-state index is 10.7. The van der Waals surface area contributed by atoms with Gasteiger partial charge in [-0.3, -0.25) is 10.1 Å². The van der Waals surface area contributed by atoms with Crippen LogP contribution >= 0.6 is 0 Å². The zero-order valence-corrected chi connectivity index (χ0v) is 8.42. The Hall–Kier alpha value is -0.730. The highest BCUT2D eigenvalue weighted by Crippen LogP contribution is 2.06. The highest BCUT2D eigenvalue weighted by atomic mass is 16.4. The first-order valence-electron chi connectivity index (χ1n) is 4.43. The highest BCUT2D eigenvalue weighted by molar-refractivity contribution is 5.74. The fourth-order valence-corrected chi connectivity index (χ4v) is 1.01. The summed E-state index contributed by atoms with van der Waals surface area (Å²) in [6, 6.07) is -1.36. The molecule has 0 aliphatic rings. The Morgan fingerprint density at radius 3 is 1.87 bits per heavy atom. The van der Waals surface area contributed by atoms with Gasteiger partial charge in [-0.15, -0.1) is 0 Å². The molecular formula is C8H17NO6. The first-order chi connectivity index (χ1) is 6.92. The van der Waals surface area contributed by atoms with Gasteiger partial charge in [0.2, 0.25) is 0 Å². The topological polar surface area (TPSA) is 130 Å². The van der Waals surface area contributed by atoms with Gasteiger partial charge < -0.3 is 25.5 Å². The molecule has 0 aromatic heterocycles. The van der Waals surface area contributed by atoms with E-state index in [9.17, 15) is 4.79 Å². The Balaban J connectivity index is 4.68. The standard InChI is InChI=1S/C8H17NO6/c1-5(13)6(7(14)15)9-8(2-10,3-11)4-12/h5-6,9-13H,2-4H2,1H3,(H,14,15)/t5-,6+/m1/s1. The lowest BCUT2D eigenvalue weighted by atomic mass is 10.0. The Kier molecular flexibility index (Phi) is 5.69. The first kappa shape index (κ1) is 14.3. The number of aliphatic hydroxyl groups excluding tert-OH is 4. The Bertz CT molecular complexity index is 195. The quantitative estimate of drug-likeness (QED) is 0.273. The minimum Gasteiger partial charge on any atom is -0.480 e. The molecular weight excluding hydrogens is 206 g/mol. The van der Waals surface area contributed by atoms with Gasteiger partial charge in [0.1, 0.15) is 6.04 Å². The molecule has 6 N–H and O–H groups in total. The Labute approximate surface area is 87.0 Å². The summed E-state index contributed by atoms with van der Waals surface area (Å²) in [5.41, 5.74) is -1.51. The fraction of sp³-hybridized carbons (Fsp3) is 0.875. The maximum atomic E-state index is 10.7. The van der Waals surface area contributed by atoms with Crippen molar-refractivity contribution in [3.63, 3.8) is 0 Å². The van der Waals surface area contributed by atoms with Crippen LogP contribution < -0.4 is 5.32 Å². The Morgan fingerprint density at radius 2 is 1.67 bits per heavy atom. The van der Waals surface area contributed by atoms with Crippen LogP contribution in [0.1, 0.15) is 6.92 Å². The number of hydrogen-bond acceptors (Lipinski definition) is 6. The molecule has 0 fully saturated rings. The predicted molar refractivity (Wildman–Crippen MR) is 50.2 cm³/mol. The molecule has 0 heterocycles. The van der Waals surface area contributed by atoms with E-state index < -0.39 is 43.5 Å². The minimum atomic E-state index is -1.51. The van der Waals surface area contributed by atoms with Crippen molar-refractivity contribution >= 4 is 5.97 Å². The minimum absolute atomic E-state index is 0.642. The lowest BCUT2D eigenvalue weighted by Crippen LogP contribution is -2.62. The third-order valence-electron chi connectivity index (χ3n) is 2.12. The van der Waals surface area contributed by atoms with Gasteiger partial charge in [0, 0.05) is 0 Å². The average molecular weight is 223 g/mol. The fourth-order valence-electron chi connectivity index (χ4n) is 1.01. The van der Waals surface area contributed by atoms with Gasteiger partial charge in [-0.2, -0.15) is 0 Å². The first-order valence-corrected chi connectivity index (χ1v) is 4.43. The number of rotatable bonds is 7. The van der Waals surface area contributed by atoms with E-state index >= 15 is 0 Å².